The average Bonchev–Trinajstić information content (AvgIpc) is 2.82. The number of benzene rings is 2. The van der Waals surface area contributed by atoms with Crippen molar-refractivity contribution in [1.82, 2.24) is 4.90 Å². The highest BCUT2D eigenvalue weighted by Crippen LogP contribution is 2.24. The molecule has 1 saturated heterocycles. The number of piperidine rings is 1. The van der Waals surface area contributed by atoms with Crippen molar-refractivity contribution >= 4 is 27.6 Å². The van der Waals surface area contributed by atoms with E-state index in [1.54, 1.807) is 36.1 Å². The number of carbonyl (C=O) groups excluding carboxylic acids is 2. The summed E-state index contributed by atoms with van der Waals surface area (Å²) in [6, 6.07) is 12.0. The van der Waals surface area contributed by atoms with E-state index in [1.807, 2.05) is 0 Å². The van der Waals surface area contributed by atoms with Gasteiger partial charge in [-0.3, -0.25) is 13.9 Å². The topological polar surface area (TPSA) is 93.2 Å². The van der Waals surface area contributed by atoms with Crippen molar-refractivity contribution in [2.45, 2.75) is 26.3 Å². The maximum atomic E-state index is 13.2. The first-order valence-corrected chi connectivity index (χ1v) is 12.9. The molecule has 2 aromatic rings. The number of ether oxygens (including phenoxy) is 2. The van der Waals surface area contributed by atoms with Crippen LogP contribution in [0.5, 0.6) is 5.75 Å². The van der Waals surface area contributed by atoms with E-state index in [-0.39, 0.29) is 30.9 Å². The fourth-order valence-electron chi connectivity index (χ4n) is 3.73. The van der Waals surface area contributed by atoms with Crippen molar-refractivity contribution in [3.8, 4) is 5.75 Å². The number of rotatable bonds is 9. The zero-order valence-electron chi connectivity index (χ0n) is 19.3. The lowest BCUT2D eigenvalue weighted by atomic mass is 9.97. The first-order chi connectivity index (χ1) is 16.2. The highest BCUT2D eigenvalue weighted by molar-refractivity contribution is 7.92. The first kappa shape index (κ1) is 25.5. The summed E-state index contributed by atoms with van der Waals surface area (Å²) in [4.78, 5) is 26.0. The summed E-state index contributed by atoms with van der Waals surface area (Å²) in [6.45, 7) is 2.95. The van der Waals surface area contributed by atoms with Crippen molar-refractivity contribution in [1.29, 1.82) is 0 Å². The van der Waals surface area contributed by atoms with Gasteiger partial charge in [0, 0.05) is 13.1 Å². The number of carbonyl (C=O) groups is 2. The summed E-state index contributed by atoms with van der Waals surface area (Å²) in [5.74, 6) is -0.540. The molecule has 0 aromatic heterocycles. The molecule has 34 heavy (non-hydrogen) atoms. The normalized spacial score (nSPS) is 14.5. The molecule has 184 valence electrons. The van der Waals surface area contributed by atoms with E-state index >= 15 is 0 Å². The van der Waals surface area contributed by atoms with E-state index in [0.717, 1.165) is 6.26 Å². The Morgan fingerprint density at radius 2 is 1.68 bits per heavy atom. The quantitative estimate of drug-likeness (QED) is 0.500. The molecule has 1 amide bonds. The minimum absolute atomic E-state index is 0.0551. The van der Waals surface area contributed by atoms with Gasteiger partial charge in [0.25, 0.3) is 5.91 Å². The van der Waals surface area contributed by atoms with Crippen molar-refractivity contribution < 1.29 is 31.9 Å². The van der Waals surface area contributed by atoms with Crippen molar-refractivity contribution in [3.05, 3.63) is 59.9 Å². The molecule has 3 rings (SSSR count). The third kappa shape index (κ3) is 6.93. The summed E-state index contributed by atoms with van der Waals surface area (Å²) in [5.41, 5.74) is 1.07. The molecule has 0 saturated carbocycles. The van der Waals surface area contributed by atoms with Crippen molar-refractivity contribution in [2.75, 3.05) is 36.9 Å². The van der Waals surface area contributed by atoms with Crippen molar-refractivity contribution in [2.24, 2.45) is 5.92 Å². The molecule has 10 heteroatoms. The van der Waals surface area contributed by atoms with Crippen LogP contribution in [0.2, 0.25) is 0 Å². The van der Waals surface area contributed by atoms with Gasteiger partial charge in [-0.25, -0.2) is 12.8 Å². The minimum Gasteiger partial charge on any atom is -0.484 e. The number of anilines is 1. The first-order valence-electron chi connectivity index (χ1n) is 11.1. The molecule has 2 aromatic carbocycles. The Bertz CT molecular complexity index is 1080. The van der Waals surface area contributed by atoms with E-state index in [4.69, 9.17) is 9.47 Å². The van der Waals surface area contributed by atoms with Gasteiger partial charge in [-0.05, 0) is 61.7 Å². The standard InChI is InChI=1S/C24H29FN2O6S/c1-3-32-24(29)19-12-14-26(15-13-19)23(28)17-33-22-10-8-21(9-11-22)27(34(2,30)31)16-18-4-6-20(25)7-5-18/h4-11,19H,3,12-17H2,1-2H3. The van der Waals surface area contributed by atoms with E-state index in [2.05, 4.69) is 0 Å². The monoisotopic (exact) mass is 492 g/mol. The van der Waals surface area contributed by atoms with Gasteiger partial charge in [-0.2, -0.15) is 0 Å². The molecule has 1 fully saturated rings. The molecule has 1 aliphatic heterocycles. The molecule has 0 spiro atoms. The Hall–Kier alpha value is -3.14. The van der Waals surface area contributed by atoms with Crippen LogP contribution in [0, 0.1) is 11.7 Å². The number of nitrogens with zero attached hydrogens (tertiary/aromatic N) is 2. The number of sulfonamides is 1. The maximum absolute atomic E-state index is 13.2. The fraction of sp³-hybridized carbons (Fsp3) is 0.417. The van der Waals surface area contributed by atoms with Gasteiger partial charge in [0.2, 0.25) is 10.0 Å². The third-order valence-electron chi connectivity index (χ3n) is 5.59. The van der Waals surface area contributed by atoms with Gasteiger partial charge in [-0.1, -0.05) is 12.1 Å². The van der Waals surface area contributed by atoms with Crippen LogP contribution in [0.1, 0.15) is 25.3 Å². The number of hydrogen-bond donors (Lipinski definition) is 0. The van der Waals surface area contributed by atoms with E-state index < -0.39 is 15.8 Å². The van der Waals surface area contributed by atoms with Crippen molar-refractivity contribution in [3.63, 3.8) is 0 Å². The SMILES string of the molecule is CCOC(=O)C1CCN(C(=O)COc2ccc(N(Cc3ccc(F)cc3)S(C)(=O)=O)cc2)CC1. The molecule has 1 heterocycles. The molecule has 0 unspecified atom stereocenters. The number of amides is 1. The lowest BCUT2D eigenvalue weighted by molar-refractivity contribution is -0.151. The van der Waals surface area contributed by atoms with Gasteiger partial charge in [0.05, 0.1) is 31.0 Å². The third-order valence-corrected chi connectivity index (χ3v) is 6.73. The molecule has 0 N–H and O–H groups in total. The number of halogens is 1. The molecule has 0 atom stereocenters. The van der Waals surface area contributed by atoms with Crippen LogP contribution < -0.4 is 9.04 Å². The van der Waals surface area contributed by atoms with Crippen LogP contribution in [-0.2, 0) is 30.9 Å². The zero-order valence-corrected chi connectivity index (χ0v) is 20.1. The second-order valence-corrected chi connectivity index (χ2v) is 9.99. The highest BCUT2D eigenvalue weighted by atomic mass is 32.2. The molecule has 0 radical (unpaired) electrons. The summed E-state index contributed by atoms with van der Waals surface area (Å²) < 4.78 is 49.7. The lowest BCUT2D eigenvalue weighted by Crippen LogP contribution is -2.42. The number of esters is 1. The van der Waals surface area contributed by atoms with Crippen LogP contribution in [0.3, 0.4) is 0 Å². The Morgan fingerprint density at radius 3 is 2.24 bits per heavy atom. The van der Waals surface area contributed by atoms with E-state index in [9.17, 15) is 22.4 Å². The average molecular weight is 493 g/mol. The Kier molecular flexibility index (Phi) is 8.49. The summed E-state index contributed by atoms with van der Waals surface area (Å²) in [6.07, 6.45) is 2.23. The van der Waals surface area contributed by atoms with E-state index in [1.165, 1.54) is 28.6 Å². The van der Waals surface area contributed by atoms with Crippen LogP contribution in [-0.4, -0.2) is 57.8 Å². The molecule has 0 aliphatic carbocycles. The van der Waals surface area contributed by atoms with Gasteiger partial charge in [0.15, 0.2) is 6.61 Å². The minimum atomic E-state index is -3.59. The highest BCUT2D eigenvalue weighted by Gasteiger charge is 2.28. The van der Waals surface area contributed by atoms with Crippen LogP contribution in [0.25, 0.3) is 0 Å². The smallest absolute Gasteiger partial charge is 0.309 e. The lowest BCUT2D eigenvalue weighted by Gasteiger charge is -2.30. The molecule has 8 nitrogen and oxygen atoms in total. The maximum Gasteiger partial charge on any atom is 0.309 e. The molecular formula is C24H29FN2O6S. The zero-order chi connectivity index (χ0) is 24.7. The van der Waals surface area contributed by atoms with Crippen LogP contribution >= 0.6 is 0 Å². The molecular weight excluding hydrogens is 463 g/mol. The number of hydrogen-bond acceptors (Lipinski definition) is 6. The Labute approximate surface area is 199 Å². The largest absolute Gasteiger partial charge is 0.484 e. The van der Waals surface area contributed by atoms with Gasteiger partial charge >= 0.3 is 5.97 Å². The number of likely N-dealkylation sites (tertiary alicyclic amines) is 1. The predicted molar refractivity (Wildman–Crippen MR) is 125 cm³/mol. The predicted octanol–water partition coefficient (Wildman–Crippen LogP) is 2.97. The molecule has 0 bridgehead atoms. The fourth-order valence-corrected chi connectivity index (χ4v) is 4.61. The van der Waals surface area contributed by atoms with Gasteiger partial charge in [-0.15, -0.1) is 0 Å². The second kappa shape index (κ2) is 11.3. The van der Waals surface area contributed by atoms with Gasteiger partial charge in [0.1, 0.15) is 11.6 Å². The Balaban J connectivity index is 1.55. The Morgan fingerprint density at radius 1 is 1.06 bits per heavy atom. The van der Waals surface area contributed by atoms with Crippen LogP contribution in [0.4, 0.5) is 10.1 Å². The summed E-state index contributed by atoms with van der Waals surface area (Å²) >= 11 is 0. The summed E-state index contributed by atoms with van der Waals surface area (Å²) in [7, 11) is -3.59. The van der Waals surface area contributed by atoms with E-state index in [0.29, 0.717) is 49.5 Å². The summed E-state index contributed by atoms with van der Waals surface area (Å²) in [5, 5.41) is 0. The second-order valence-electron chi connectivity index (χ2n) is 8.09. The molecule has 1 aliphatic rings. The van der Waals surface area contributed by atoms with Gasteiger partial charge < -0.3 is 14.4 Å². The van der Waals surface area contributed by atoms with Crippen LogP contribution in [0.15, 0.2) is 48.5 Å².